The van der Waals surface area contributed by atoms with Crippen molar-refractivity contribution in [2.24, 2.45) is 5.73 Å². The maximum atomic E-state index is 13.1. The summed E-state index contributed by atoms with van der Waals surface area (Å²) in [6.07, 6.45) is -0.747. The van der Waals surface area contributed by atoms with Crippen LogP contribution in [0, 0.1) is 0 Å². The number of aromatic nitrogens is 2. The molecule has 0 aliphatic heterocycles. The fourth-order valence-electron chi connectivity index (χ4n) is 3.67. The number of anilines is 2. The number of carbonyl (C=O) groups excluding carboxylic acids is 2. The van der Waals surface area contributed by atoms with Crippen molar-refractivity contribution in [1.82, 2.24) is 9.97 Å². The molecule has 0 saturated carbocycles. The van der Waals surface area contributed by atoms with Crippen molar-refractivity contribution in [3.8, 4) is 0 Å². The molecule has 0 bridgehead atoms. The molecule has 0 spiro atoms. The molecule has 0 aliphatic rings. The van der Waals surface area contributed by atoms with Crippen molar-refractivity contribution >= 4 is 45.8 Å². The highest BCUT2D eigenvalue weighted by Gasteiger charge is 2.33. The van der Waals surface area contributed by atoms with Gasteiger partial charge < -0.3 is 26.9 Å². The van der Waals surface area contributed by atoms with Gasteiger partial charge in [-0.3, -0.25) is 9.59 Å². The zero-order valence-corrected chi connectivity index (χ0v) is 18.1. The molecule has 8 nitrogen and oxygen atoms in total. The van der Waals surface area contributed by atoms with Gasteiger partial charge in [0.25, 0.3) is 5.91 Å². The van der Waals surface area contributed by atoms with Crippen molar-refractivity contribution in [2.45, 2.75) is 25.4 Å². The Morgan fingerprint density at radius 2 is 1.94 bits per heavy atom. The zero-order chi connectivity index (χ0) is 22.8. The number of fused-ring (bicyclic) bond motifs is 1. The molecule has 0 radical (unpaired) electrons. The third-order valence-corrected chi connectivity index (χ3v) is 6.58. The highest BCUT2D eigenvalue weighted by atomic mass is 32.1. The number of rotatable bonds is 7. The summed E-state index contributed by atoms with van der Waals surface area (Å²) in [4.78, 5) is 33.8. The van der Waals surface area contributed by atoms with E-state index in [1.165, 1.54) is 11.3 Å². The highest BCUT2D eigenvalue weighted by molar-refractivity contribution is 7.12. The van der Waals surface area contributed by atoms with Gasteiger partial charge in [-0.1, -0.05) is 37.3 Å². The number of hydrogen-bond acceptors (Lipinski definition) is 6. The van der Waals surface area contributed by atoms with Gasteiger partial charge in [0.05, 0.1) is 22.5 Å². The van der Waals surface area contributed by atoms with Gasteiger partial charge in [-0.2, -0.15) is 0 Å². The fraction of sp³-hybridized carbons (Fsp3) is 0.174. The van der Waals surface area contributed by atoms with Crippen molar-refractivity contribution in [1.29, 1.82) is 0 Å². The van der Waals surface area contributed by atoms with Crippen LogP contribution in [-0.2, 0) is 11.2 Å². The monoisotopic (exact) mass is 449 g/mol. The minimum atomic E-state index is -1.46. The molecule has 2 heterocycles. The molecule has 0 aliphatic carbocycles. The second-order valence-corrected chi connectivity index (χ2v) is 8.55. The number of aromatic amines is 1. The van der Waals surface area contributed by atoms with Crippen LogP contribution in [0.1, 0.15) is 38.5 Å². The van der Waals surface area contributed by atoms with E-state index in [1.54, 1.807) is 24.3 Å². The standard InChI is InChI=1S/C23H23N5O3S/c1-2-14-11-15(21(24)30)20(32-14)18(12-6-4-3-5-7-12)19(29)22(31)26-13-8-9-16-17(10-13)28-23(25)27-16/h3-11,18-19,29H,2H2,1H3,(H2,24,30)(H,26,31)(H3,25,27,28). The van der Waals surface area contributed by atoms with E-state index in [2.05, 4.69) is 15.3 Å². The number of primary amides is 1. The molecule has 9 heteroatoms. The molecule has 164 valence electrons. The number of nitrogen functional groups attached to an aromatic ring is 1. The molecule has 4 rings (SSSR count). The third kappa shape index (κ3) is 4.20. The van der Waals surface area contributed by atoms with Crippen LogP contribution in [0.5, 0.6) is 0 Å². The van der Waals surface area contributed by atoms with Crippen LogP contribution in [0.3, 0.4) is 0 Å². The number of imidazole rings is 1. The first-order valence-corrected chi connectivity index (χ1v) is 10.9. The van der Waals surface area contributed by atoms with E-state index in [-0.39, 0.29) is 5.95 Å². The second kappa shape index (κ2) is 8.81. The fourth-order valence-corrected chi connectivity index (χ4v) is 4.93. The highest BCUT2D eigenvalue weighted by Crippen LogP contribution is 2.37. The predicted molar refractivity (Wildman–Crippen MR) is 126 cm³/mol. The molecule has 0 saturated heterocycles. The van der Waals surface area contributed by atoms with E-state index in [1.807, 2.05) is 37.3 Å². The Labute approximate surface area is 188 Å². The van der Waals surface area contributed by atoms with Gasteiger partial charge in [-0.15, -0.1) is 11.3 Å². The minimum absolute atomic E-state index is 0.274. The lowest BCUT2D eigenvalue weighted by atomic mass is 9.89. The smallest absolute Gasteiger partial charge is 0.254 e. The van der Waals surface area contributed by atoms with Crippen LogP contribution in [0.2, 0.25) is 0 Å². The SMILES string of the molecule is CCc1cc(C(N)=O)c(C(c2ccccc2)C(O)C(=O)Nc2ccc3nc(N)[nH]c3c2)s1. The molecule has 2 amide bonds. The summed E-state index contributed by atoms with van der Waals surface area (Å²) in [7, 11) is 0. The van der Waals surface area contributed by atoms with Crippen LogP contribution in [0.25, 0.3) is 11.0 Å². The number of nitrogens with one attached hydrogen (secondary N) is 2. The lowest BCUT2D eigenvalue weighted by Crippen LogP contribution is -2.34. The summed E-state index contributed by atoms with van der Waals surface area (Å²) in [5, 5.41) is 13.9. The largest absolute Gasteiger partial charge is 0.382 e. The Morgan fingerprint density at radius 1 is 1.19 bits per heavy atom. The van der Waals surface area contributed by atoms with Gasteiger partial charge in [0.1, 0.15) is 6.10 Å². The number of carbonyl (C=O) groups is 2. The van der Waals surface area contributed by atoms with Crippen LogP contribution in [0.4, 0.5) is 11.6 Å². The first kappa shape index (κ1) is 21.5. The average molecular weight is 450 g/mol. The summed E-state index contributed by atoms with van der Waals surface area (Å²) >= 11 is 1.38. The van der Waals surface area contributed by atoms with Crippen molar-refractivity contribution in [2.75, 3.05) is 11.1 Å². The summed E-state index contributed by atoms with van der Waals surface area (Å²) < 4.78 is 0. The van der Waals surface area contributed by atoms with E-state index < -0.39 is 23.8 Å². The Bertz CT molecular complexity index is 1280. The number of H-pyrrole nitrogens is 1. The van der Waals surface area contributed by atoms with Crippen LogP contribution in [0.15, 0.2) is 54.6 Å². The van der Waals surface area contributed by atoms with E-state index in [0.717, 1.165) is 4.88 Å². The zero-order valence-electron chi connectivity index (χ0n) is 17.3. The first-order valence-electron chi connectivity index (χ1n) is 10.1. The quantitative estimate of drug-likeness (QED) is 0.294. The summed E-state index contributed by atoms with van der Waals surface area (Å²) in [5.41, 5.74) is 14.1. The van der Waals surface area contributed by atoms with Crippen LogP contribution < -0.4 is 16.8 Å². The molecule has 32 heavy (non-hydrogen) atoms. The molecule has 2 aromatic carbocycles. The van der Waals surface area contributed by atoms with Crippen molar-refractivity contribution in [3.63, 3.8) is 0 Å². The number of nitrogens with two attached hydrogens (primary N) is 2. The molecule has 4 aromatic rings. The minimum Gasteiger partial charge on any atom is -0.382 e. The van der Waals surface area contributed by atoms with E-state index in [4.69, 9.17) is 11.5 Å². The number of aliphatic hydroxyl groups excluding tert-OH is 1. The van der Waals surface area contributed by atoms with Crippen molar-refractivity contribution < 1.29 is 14.7 Å². The number of aliphatic hydroxyl groups is 1. The number of aryl methyl sites for hydroxylation is 1. The molecular weight excluding hydrogens is 426 g/mol. The topological polar surface area (TPSA) is 147 Å². The number of hydrogen-bond donors (Lipinski definition) is 5. The van der Waals surface area contributed by atoms with Gasteiger partial charge in [-0.05, 0) is 36.2 Å². The predicted octanol–water partition coefficient (Wildman–Crippen LogP) is 3.00. The van der Waals surface area contributed by atoms with E-state index >= 15 is 0 Å². The Balaban J connectivity index is 1.70. The maximum absolute atomic E-state index is 13.1. The summed E-state index contributed by atoms with van der Waals surface area (Å²) in [6, 6.07) is 15.9. The normalized spacial score (nSPS) is 13.1. The molecule has 2 atom stereocenters. The Morgan fingerprint density at radius 3 is 2.62 bits per heavy atom. The van der Waals surface area contributed by atoms with E-state index in [0.29, 0.717) is 39.1 Å². The molecule has 0 fully saturated rings. The van der Waals surface area contributed by atoms with Gasteiger partial charge in [0.2, 0.25) is 5.91 Å². The maximum Gasteiger partial charge on any atom is 0.254 e. The van der Waals surface area contributed by atoms with Crippen LogP contribution >= 0.6 is 11.3 Å². The number of amides is 2. The van der Waals surface area contributed by atoms with Gasteiger partial charge in [-0.25, -0.2) is 4.98 Å². The lowest BCUT2D eigenvalue weighted by Gasteiger charge is -2.23. The van der Waals surface area contributed by atoms with Gasteiger partial charge in [0.15, 0.2) is 5.95 Å². The molecule has 7 N–H and O–H groups in total. The Kier molecular flexibility index (Phi) is 5.93. The van der Waals surface area contributed by atoms with E-state index in [9.17, 15) is 14.7 Å². The number of thiophene rings is 1. The van der Waals surface area contributed by atoms with Crippen molar-refractivity contribution in [3.05, 3.63) is 75.5 Å². The lowest BCUT2D eigenvalue weighted by molar-refractivity contribution is -0.124. The third-order valence-electron chi connectivity index (χ3n) is 5.22. The van der Waals surface area contributed by atoms with Gasteiger partial charge >= 0.3 is 0 Å². The molecule has 2 unspecified atom stereocenters. The summed E-state index contributed by atoms with van der Waals surface area (Å²) in [5.74, 6) is -1.68. The van der Waals surface area contributed by atoms with Gasteiger partial charge in [0, 0.05) is 15.4 Å². The number of benzene rings is 2. The molecule has 2 aromatic heterocycles. The average Bonchev–Trinajstić information content (AvgIpc) is 3.37. The Hall–Kier alpha value is -3.69. The first-order chi connectivity index (χ1) is 15.4. The molecular formula is C23H23N5O3S. The summed E-state index contributed by atoms with van der Waals surface area (Å²) in [6.45, 7) is 1.97. The van der Waals surface area contributed by atoms with Crippen LogP contribution in [-0.4, -0.2) is 33.0 Å². The number of nitrogens with zero attached hydrogens (tertiary/aromatic N) is 1. The second-order valence-electron chi connectivity index (χ2n) is 7.38.